The summed E-state index contributed by atoms with van der Waals surface area (Å²) in [6.45, 7) is 1.04. The van der Waals surface area contributed by atoms with E-state index in [1.165, 1.54) is 10.4 Å². The van der Waals surface area contributed by atoms with Crippen molar-refractivity contribution in [2.24, 2.45) is 5.92 Å². The van der Waals surface area contributed by atoms with Gasteiger partial charge in [0.1, 0.15) is 0 Å². The molecule has 2 aromatic carbocycles. The Labute approximate surface area is 186 Å². The van der Waals surface area contributed by atoms with E-state index in [-0.39, 0.29) is 17.6 Å². The zero-order chi connectivity index (χ0) is 21.0. The van der Waals surface area contributed by atoms with Crippen molar-refractivity contribution < 1.29 is 13.2 Å². The van der Waals surface area contributed by atoms with Crippen LogP contribution in [0.25, 0.3) is 0 Å². The highest BCUT2D eigenvalue weighted by Crippen LogP contribution is 2.26. The highest BCUT2D eigenvalue weighted by atomic mass is 35.5. The summed E-state index contributed by atoms with van der Waals surface area (Å²) in [6, 6.07) is 12.1. The Morgan fingerprint density at radius 2 is 1.62 bits per heavy atom. The van der Waals surface area contributed by atoms with Gasteiger partial charge in [0.05, 0.1) is 5.75 Å². The summed E-state index contributed by atoms with van der Waals surface area (Å²) in [7, 11) is -3.52. The van der Waals surface area contributed by atoms with Gasteiger partial charge in [0.15, 0.2) is 0 Å². The van der Waals surface area contributed by atoms with Crippen molar-refractivity contribution in [3.8, 4) is 0 Å². The average Bonchev–Trinajstić information content (AvgIpc) is 2.69. The van der Waals surface area contributed by atoms with Crippen LogP contribution in [0.2, 0.25) is 15.1 Å². The van der Waals surface area contributed by atoms with Gasteiger partial charge in [-0.15, -0.1) is 0 Å². The lowest BCUT2D eigenvalue weighted by Crippen LogP contribution is -2.43. The van der Waals surface area contributed by atoms with Crippen molar-refractivity contribution in [1.29, 1.82) is 0 Å². The molecule has 0 spiro atoms. The van der Waals surface area contributed by atoms with Crippen molar-refractivity contribution in [2.75, 3.05) is 13.1 Å². The second-order valence-corrected chi connectivity index (χ2v) is 10.3. The molecule has 9 heteroatoms. The Hall–Kier alpha value is -1.31. The number of rotatable bonds is 6. The maximum atomic E-state index is 12.7. The summed E-state index contributed by atoms with van der Waals surface area (Å²) in [4.78, 5) is 12.4. The van der Waals surface area contributed by atoms with E-state index in [0.717, 1.165) is 5.56 Å². The molecular formula is C20H21Cl3N2O3S. The Balaban J connectivity index is 1.52. The molecule has 0 aliphatic carbocycles. The number of carbonyl (C=O) groups is 1. The molecule has 0 bridgehead atoms. The van der Waals surface area contributed by atoms with Gasteiger partial charge >= 0.3 is 0 Å². The Kier molecular flexibility index (Phi) is 7.46. The Bertz CT molecular complexity index is 973. The van der Waals surface area contributed by atoms with Gasteiger partial charge in [0.2, 0.25) is 15.9 Å². The molecule has 0 saturated carbocycles. The number of hydrogen-bond acceptors (Lipinski definition) is 3. The second kappa shape index (κ2) is 9.67. The third-order valence-corrected chi connectivity index (χ3v) is 7.62. The van der Waals surface area contributed by atoms with Gasteiger partial charge in [-0.25, -0.2) is 12.7 Å². The van der Waals surface area contributed by atoms with Crippen LogP contribution < -0.4 is 5.32 Å². The van der Waals surface area contributed by atoms with Crippen LogP contribution in [0.5, 0.6) is 0 Å². The highest BCUT2D eigenvalue weighted by Gasteiger charge is 2.31. The zero-order valence-electron chi connectivity index (χ0n) is 15.6. The van der Waals surface area contributed by atoms with Gasteiger partial charge in [0, 0.05) is 40.6 Å². The minimum absolute atomic E-state index is 0.0576. The summed E-state index contributed by atoms with van der Waals surface area (Å²) in [5.41, 5.74) is 1.47. The normalized spacial score (nSPS) is 16.0. The Morgan fingerprint density at radius 3 is 2.24 bits per heavy atom. The van der Waals surface area contributed by atoms with Gasteiger partial charge in [0.25, 0.3) is 0 Å². The van der Waals surface area contributed by atoms with Crippen LogP contribution >= 0.6 is 34.8 Å². The number of benzene rings is 2. The van der Waals surface area contributed by atoms with Crippen molar-refractivity contribution in [1.82, 2.24) is 9.62 Å². The number of sulfonamides is 1. The van der Waals surface area contributed by atoms with E-state index in [4.69, 9.17) is 34.8 Å². The minimum atomic E-state index is -3.52. The van der Waals surface area contributed by atoms with E-state index >= 15 is 0 Å². The van der Waals surface area contributed by atoms with Crippen LogP contribution in [0.15, 0.2) is 42.5 Å². The summed E-state index contributed by atoms with van der Waals surface area (Å²) in [5, 5.41) is 4.35. The summed E-state index contributed by atoms with van der Waals surface area (Å²) >= 11 is 17.8. The van der Waals surface area contributed by atoms with Gasteiger partial charge in [-0.2, -0.15) is 0 Å². The first-order chi connectivity index (χ1) is 13.7. The third kappa shape index (κ3) is 6.09. The predicted molar refractivity (Wildman–Crippen MR) is 117 cm³/mol. The number of nitrogens with one attached hydrogen (secondary N) is 1. The van der Waals surface area contributed by atoms with Crippen molar-refractivity contribution in [3.05, 3.63) is 68.7 Å². The lowest BCUT2D eigenvalue weighted by molar-refractivity contribution is -0.126. The van der Waals surface area contributed by atoms with E-state index < -0.39 is 10.0 Å². The third-order valence-electron chi connectivity index (χ3n) is 4.95. The molecule has 3 rings (SSSR count). The fourth-order valence-corrected chi connectivity index (χ4v) is 5.53. The maximum absolute atomic E-state index is 12.7. The monoisotopic (exact) mass is 474 g/mol. The largest absolute Gasteiger partial charge is 0.352 e. The molecule has 1 aliphatic heterocycles. The molecule has 1 heterocycles. The van der Waals surface area contributed by atoms with Crippen LogP contribution in [-0.2, 0) is 27.1 Å². The van der Waals surface area contributed by atoms with Gasteiger partial charge < -0.3 is 5.32 Å². The standard InChI is InChI=1S/C20H21Cl3N2O3S/c21-17-4-1-14(2-5-17)12-24-20(26)15-7-9-25(10-8-15)29(27,28)13-16-3-6-18(22)11-19(16)23/h1-6,11,15H,7-10,12-13H2,(H,24,26). The summed E-state index contributed by atoms with van der Waals surface area (Å²) < 4.78 is 26.9. The predicted octanol–water partition coefficient (Wildman–Crippen LogP) is 4.51. The Morgan fingerprint density at radius 1 is 1.00 bits per heavy atom. The molecule has 1 fully saturated rings. The molecule has 2 aromatic rings. The van der Waals surface area contributed by atoms with E-state index in [0.29, 0.717) is 53.1 Å². The van der Waals surface area contributed by atoms with Crippen LogP contribution in [-0.4, -0.2) is 31.7 Å². The molecule has 5 nitrogen and oxygen atoms in total. The number of hydrogen-bond donors (Lipinski definition) is 1. The molecular weight excluding hydrogens is 455 g/mol. The van der Waals surface area contributed by atoms with E-state index in [9.17, 15) is 13.2 Å². The number of halogens is 3. The summed E-state index contributed by atoms with van der Waals surface area (Å²) in [6.07, 6.45) is 0.972. The fourth-order valence-electron chi connectivity index (χ4n) is 3.26. The zero-order valence-corrected chi connectivity index (χ0v) is 18.7. The SMILES string of the molecule is O=C(NCc1ccc(Cl)cc1)C1CCN(S(=O)(=O)Cc2ccc(Cl)cc2Cl)CC1. The van der Waals surface area contributed by atoms with Crippen LogP contribution in [0.3, 0.4) is 0 Å². The number of piperidine rings is 1. The van der Waals surface area contributed by atoms with Crippen molar-refractivity contribution >= 4 is 50.7 Å². The van der Waals surface area contributed by atoms with Crippen LogP contribution in [0, 0.1) is 5.92 Å². The topological polar surface area (TPSA) is 66.5 Å². The number of nitrogens with zero attached hydrogens (tertiary/aromatic N) is 1. The van der Waals surface area contributed by atoms with Crippen molar-refractivity contribution in [3.63, 3.8) is 0 Å². The van der Waals surface area contributed by atoms with Crippen LogP contribution in [0.4, 0.5) is 0 Å². The van der Waals surface area contributed by atoms with Crippen molar-refractivity contribution in [2.45, 2.75) is 25.1 Å². The van der Waals surface area contributed by atoms with Crippen LogP contribution in [0.1, 0.15) is 24.0 Å². The number of carbonyl (C=O) groups excluding carboxylic acids is 1. The molecule has 1 aliphatic rings. The van der Waals surface area contributed by atoms with E-state index in [1.807, 2.05) is 12.1 Å². The smallest absolute Gasteiger partial charge is 0.223 e. The van der Waals surface area contributed by atoms with E-state index in [1.54, 1.807) is 24.3 Å². The minimum Gasteiger partial charge on any atom is -0.352 e. The second-order valence-electron chi connectivity index (χ2n) is 7.01. The van der Waals surface area contributed by atoms with Gasteiger partial charge in [-0.3, -0.25) is 4.79 Å². The maximum Gasteiger partial charge on any atom is 0.223 e. The van der Waals surface area contributed by atoms with E-state index in [2.05, 4.69) is 5.32 Å². The molecule has 156 valence electrons. The highest BCUT2D eigenvalue weighted by molar-refractivity contribution is 7.88. The molecule has 0 atom stereocenters. The first-order valence-corrected chi connectivity index (χ1v) is 11.9. The summed E-state index contributed by atoms with van der Waals surface area (Å²) in [5.74, 6) is -0.443. The number of amides is 1. The quantitative estimate of drug-likeness (QED) is 0.669. The lowest BCUT2D eigenvalue weighted by atomic mass is 9.97. The lowest BCUT2D eigenvalue weighted by Gasteiger charge is -2.30. The first kappa shape index (κ1) is 22.4. The molecule has 1 saturated heterocycles. The first-order valence-electron chi connectivity index (χ1n) is 9.18. The fraction of sp³-hybridized carbons (Fsp3) is 0.350. The molecule has 1 amide bonds. The molecule has 0 radical (unpaired) electrons. The molecule has 29 heavy (non-hydrogen) atoms. The molecule has 1 N–H and O–H groups in total. The molecule has 0 aromatic heterocycles. The molecule has 0 unspecified atom stereocenters. The van der Waals surface area contributed by atoms with Gasteiger partial charge in [-0.05, 0) is 48.2 Å². The average molecular weight is 476 g/mol. The van der Waals surface area contributed by atoms with Gasteiger partial charge in [-0.1, -0.05) is 53.0 Å².